The Bertz CT molecular complexity index is 694. The third-order valence-corrected chi connectivity index (χ3v) is 4.79. The highest BCUT2D eigenvalue weighted by Crippen LogP contribution is 2.23. The molecular weight excluding hydrogens is 321 g/mol. The van der Waals surface area contributed by atoms with Gasteiger partial charge in [0.05, 0.1) is 17.9 Å². The molecule has 22 heavy (non-hydrogen) atoms. The molecule has 9 heteroatoms. The van der Waals surface area contributed by atoms with Gasteiger partial charge in [0, 0.05) is 13.1 Å². The van der Waals surface area contributed by atoms with Crippen LogP contribution < -0.4 is 5.32 Å². The highest BCUT2D eigenvalue weighted by molar-refractivity contribution is 7.88. The van der Waals surface area contributed by atoms with Crippen molar-refractivity contribution in [3.05, 3.63) is 29.6 Å². The molecule has 1 aromatic rings. The SMILES string of the molecule is CS(=O)(=O)N1CCC[C@@H](C(=O)Nc2ccc(F)c(F)c2F)C1. The second-order valence-electron chi connectivity index (χ2n) is 5.17. The predicted octanol–water partition coefficient (Wildman–Crippen LogP) is 1.71. The number of anilines is 1. The molecular formula is C13H15F3N2O3S. The van der Waals surface area contributed by atoms with Crippen molar-refractivity contribution < 1.29 is 26.4 Å². The molecule has 1 saturated heterocycles. The first-order chi connectivity index (χ1) is 10.2. The minimum Gasteiger partial charge on any atom is -0.323 e. The monoisotopic (exact) mass is 336 g/mol. The summed E-state index contributed by atoms with van der Waals surface area (Å²) in [5.41, 5.74) is -0.472. The fourth-order valence-electron chi connectivity index (χ4n) is 2.31. The molecule has 5 nitrogen and oxygen atoms in total. The molecule has 1 aromatic carbocycles. The van der Waals surface area contributed by atoms with Gasteiger partial charge in [-0.05, 0) is 25.0 Å². The summed E-state index contributed by atoms with van der Waals surface area (Å²) >= 11 is 0. The van der Waals surface area contributed by atoms with Crippen LogP contribution in [0.1, 0.15) is 12.8 Å². The molecule has 1 N–H and O–H groups in total. The zero-order valence-electron chi connectivity index (χ0n) is 11.8. The van der Waals surface area contributed by atoms with Crippen molar-refractivity contribution in [2.75, 3.05) is 24.7 Å². The molecule has 1 atom stereocenters. The second-order valence-corrected chi connectivity index (χ2v) is 7.15. The number of benzene rings is 1. The van der Waals surface area contributed by atoms with Crippen LogP contribution in [0.3, 0.4) is 0 Å². The number of rotatable bonds is 3. The Morgan fingerprint density at radius 1 is 1.27 bits per heavy atom. The van der Waals surface area contributed by atoms with Gasteiger partial charge in [-0.1, -0.05) is 0 Å². The summed E-state index contributed by atoms with van der Waals surface area (Å²) in [4.78, 5) is 12.1. The maximum atomic E-state index is 13.5. The predicted molar refractivity (Wildman–Crippen MR) is 74.1 cm³/mol. The lowest BCUT2D eigenvalue weighted by atomic mass is 9.98. The van der Waals surface area contributed by atoms with E-state index in [1.165, 1.54) is 4.31 Å². The zero-order chi connectivity index (χ0) is 16.5. The Morgan fingerprint density at radius 3 is 2.59 bits per heavy atom. The number of amides is 1. The number of halogens is 3. The van der Waals surface area contributed by atoms with Crippen molar-refractivity contribution in [3.63, 3.8) is 0 Å². The normalized spacial score (nSPS) is 19.9. The van der Waals surface area contributed by atoms with Crippen LogP contribution >= 0.6 is 0 Å². The lowest BCUT2D eigenvalue weighted by molar-refractivity contribution is -0.120. The van der Waals surface area contributed by atoms with E-state index in [2.05, 4.69) is 5.32 Å². The van der Waals surface area contributed by atoms with Crippen molar-refractivity contribution in [1.29, 1.82) is 0 Å². The first-order valence-electron chi connectivity index (χ1n) is 6.59. The smallest absolute Gasteiger partial charge is 0.228 e. The van der Waals surface area contributed by atoms with E-state index in [1.807, 2.05) is 0 Å². The largest absolute Gasteiger partial charge is 0.323 e. The van der Waals surface area contributed by atoms with E-state index in [0.29, 0.717) is 25.5 Å². The average molecular weight is 336 g/mol. The minimum atomic E-state index is -3.42. The van der Waals surface area contributed by atoms with E-state index in [9.17, 15) is 26.4 Å². The molecule has 0 radical (unpaired) electrons. The summed E-state index contributed by atoms with van der Waals surface area (Å²) in [6, 6.07) is 1.63. The van der Waals surface area contributed by atoms with Crippen LogP contribution in [0, 0.1) is 23.4 Å². The Morgan fingerprint density at radius 2 is 1.95 bits per heavy atom. The molecule has 0 bridgehead atoms. The lowest BCUT2D eigenvalue weighted by Crippen LogP contribution is -2.43. The van der Waals surface area contributed by atoms with Gasteiger partial charge in [-0.2, -0.15) is 0 Å². The first kappa shape index (κ1) is 16.8. The highest BCUT2D eigenvalue weighted by Gasteiger charge is 2.30. The van der Waals surface area contributed by atoms with Crippen molar-refractivity contribution in [2.45, 2.75) is 12.8 Å². The van der Waals surface area contributed by atoms with Gasteiger partial charge < -0.3 is 5.32 Å². The second kappa shape index (κ2) is 6.25. The Labute approximate surface area is 126 Å². The summed E-state index contributed by atoms with van der Waals surface area (Å²) in [6.45, 7) is 0.304. The Balaban J connectivity index is 2.11. The quantitative estimate of drug-likeness (QED) is 0.855. The zero-order valence-corrected chi connectivity index (χ0v) is 12.6. The number of hydrogen-bond donors (Lipinski definition) is 1. The van der Waals surface area contributed by atoms with Crippen molar-refractivity contribution >= 4 is 21.6 Å². The third-order valence-electron chi connectivity index (χ3n) is 3.52. The van der Waals surface area contributed by atoms with Gasteiger partial charge >= 0.3 is 0 Å². The van der Waals surface area contributed by atoms with E-state index in [1.54, 1.807) is 0 Å². The maximum Gasteiger partial charge on any atom is 0.228 e. The molecule has 1 aliphatic heterocycles. The number of nitrogens with zero attached hydrogens (tertiary/aromatic N) is 1. The molecule has 0 unspecified atom stereocenters. The van der Waals surface area contributed by atoms with Crippen LogP contribution in [0.4, 0.5) is 18.9 Å². The molecule has 2 rings (SSSR count). The van der Waals surface area contributed by atoms with Gasteiger partial charge in [-0.25, -0.2) is 25.9 Å². The van der Waals surface area contributed by atoms with Crippen LogP contribution in [-0.4, -0.2) is 38.0 Å². The molecule has 0 aliphatic carbocycles. The summed E-state index contributed by atoms with van der Waals surface area (Å²) in [5, 5.41) is 2.18. The molecule has 1 fully saturated rings. The lowest BCUT2D eigenvalue weighted by Gasteiger charge is -2.30. The number of nitrogens with one attached hydrogen (secondary N) is 1. The molecule has 1 heterocycles. The number of piperidine rings is 1. The number of sulfonamides is 1. The van der Waals surface area contributed by atoms with Gasteiger partial charge in [-0.3, -0.25) is 4.79 Å². The van der Waals surface area contributed by atoms with E-state index in [4.69, 9.17) is 0 Å². The molecule has 0 aromatic heterocycles. The Kier molecular flexibility index (Phi) is 4.76. The Hall–Kier alpha value is -1.61. The van der Waals surface area contributed by atoms with Crippen LogP contribution in [0.2, 0.25) is 0 Å². The van der Waals surface area contributed by atoms with Crippen molar-refractivity contribution in [2.24, 2.45) is 5.92 Å². The number of carbonyl (C=O) groups is 1. The van der Waals surface area contributed by atoms with Crippen LogP contribution in [-0.2, 0) is 14.8 Å². The summed E-state index contributed by atoms with van der Waals surface area (Å²) < 4.78 is 63.6. The number of hydrogen-bond acceptors (Lipinski definition) is 3. The topological polar surface area (TPSA) is 66.5 Å². The van der Waals surface area contributed by atoms with Gasteiger partial charge in [0.25, 0.3) is 0 Å². The van der Waals surface area contributed by atoms with Crippen LogP contribution in [0.25, 0.3) is 0 Å². The molecule has 0 saturated carbocycles. The van der Waals surface area contributed by atoms with Crippen molar-refractivity contribution in [3.8, 4) is 0 Å². The molecule has 1 aliphatic rings. The summed E-state index contributed by atoms with van der Waals surface area (Å²) in [5.74, 6) is -5.80. The fraction of sp³-hybridized carbons (Fsp3) is 0.462. The van der Waals surface area contributed by atoms with Gasteiger partial charge in [0.1, 0.15) is 0 Å². The standard InChI is InChI=1S/C13H15F3N2O3S/c1-22(20,21)18-6-2-3-8(7-18)13(19)17-10-5-4-9(14)11(15)12(10)16/h4-5,8H,2-3,6-7H2,1H3,(H,17,19)/t8-/m1/s1. The summed E-state index contributed by atoms with van der Waals surface area (Å²) in [6.07, 6.45) is 1.97. The van der Waals surface area contributed by atoms with Gasteiger partial charge in [-0.15, -0.1) is 0 Å². The molecule has 122 valence electrons. The summed E-state index contributed by atoms with van der Waals surface area (Å²) in [7, 11) is -3.42. The molecule has 0 spiro atoms. The third kappa shape index (κ3) is 3.58. The van der Waals surface area contributed by atoms with Crippen LogP contribution in [0.15, 0.2) is 12.1 Å². The fourth-order valence-corrected chi connectivity index (χ4v) is 3.23. The highest BCUT2D eigenvalue weighted by atomic mass is 32.2. The molecule has 1 amide bonds. The van der Waals surface area contributed by atoms with Crippen LogP contribution in [0.5, 0.6) is 0 Å². The van der Waals surface area contributed by atoms with E-state index in [0.717, 1.165) is 12.3 Å². The van der Waals surface area contributed by atoms with E-state index < -0.39 is 45.0 Å². The van der Waals surface area contributed by atoms with Gasteiger partial charge in [0.2, 0.25) is 15.9 Å². The average Bonchev–Trinajstić information content (AvgIpc) is 2.47. The minimum absolute atomic E-state index is 0.0179. The van der Waals surface area contributed by atoms with E-state index in [-0.39, 0.29) is 6.54 Å². The van der Waals surface area contributed by atoms with Crippen molar-refractivity contribution in [1.82, 2.24) is 4.31 Å². The van der Waals surface area contributed by atoms with E-state index >= 15 is 0 Å². The first-order valence-corrected chi connectivity index (χ1v) is 8.44. The maximum absolute atomic E-state index is 13.5. The van der Waals surface area contributed by atoms with Gasteiger partial charge in [0.15, 0.2) is 17.5 Å². The number of carbonyl (C=O) groups excluding carboxylic acids is 1.